The normalized spacial score (nSPS) is 10.3. The van der Waals surface area contributed by atoms with E-state index in [9.17, 15) is 9.59 Å². The van der Waals surface area contributed by atoms with Crippen molar-refractivity contribution in [2.45, 2.75) is 13.3 Å². The molecular weight excluding hydrogens is 222 g/mol. The van der Waals surface area contributed by atoms with E-state index in [0.29, 0.717) is 12.0 Å². The largest absolute Gasteiger partial charge is 0.478 e. The second-order valence-corrected chi connectivity index (χ2v) is 3.40. The minimum atomic E-state index is -0.811. The van der Waals surface area contributed by atoms with Crippen molar-refractivity contribution in [2.24, 2.45) is 0 Å². The van der Waals surface area contributed by atoms with Gasteiger partial charge in [0, 0.05) is 18.2 Å². The molecule has 17 heavy (non-hydrogen) atoms. The highest BCUT2D eigenvalue weighted by Gasteiger charge is 2.04. The molecule has 5 heteroatoms. The van der Waals surface area contributed by atoms with Crippen LogP contribution in [-0.2, 0) is 14.3 Å². The van der Waals surface area contributed by atoms with Crippen molar-refractivity contribution in [3.05, 3.63) is 24.3 Å². The van der Waals surface area contributed by atoms with Gasteiger partial charge in [-0.15, -0.1) is 0 Å². The van der Waals surface area contributed by atoms with Crippen LogP contribution >= 0.6 is 0 Å². The minimum absolute atomic E-state index is 0.394. The molecule has 0 aliphatic rings. The summed E-state index contributed by atoms with van der Waals surface area (Å²) in [4.78, 5) is 22.3. The Bertz CT molecular complexity index is 282. The fraction of sp³-hybridized carbons (Fsp3) is 0.500. The summed E-state index contributed by atoms with van der Waals surface area (Å²) in [5.74, 6) is -1.20. The number of methoxy groups -OCH3 is 1. The maximum absolute atomic E-state index is 10.5. The van der Waals surface area contributed by atoms with Gasteiger partial charge in [0.15, 0.2) is 0 Å². The number of nitrogens with zero attached hydrogens (tertiary/aromatic N) is 1. The van der Waals surface area contributed by atoms with Gasteiger partial charge in [0.1, 0.15) is 0 Å². The maximum atomic E-state index is 10.5. The molecule has 0 bridgehead atoms. The number of ether oxygens (including phenoxy) is 1. The van der Waals surface area contributed by atoms with Crippen LogP contribution in [0.25, 0.3) is 0 Å². The highest BCUT2D eigenvalue weighted by molar-refractivity contribution is 5.86. The number of aliphatic carboxylic acids is 1. The Morgan fingerprint density at radius 3 is 2.12 bits per heavy atom. The van der Waals surface area contributed by atoms with Gasteiger partial charge in [0.05, 0.1) is 7.11 Å². The van der Waals surface area contributed by atoms with E-state index in [-0.39, 0.29) is 0 Å². The highest BCUT2D eigenvalue weighted by Crippen LogP contribution is 2.01. The molecular formula is C12H21NO4. The van der Waals surface area contributed by atoms with Crippen LogP contribution in [0, 0.1) is 0 Å². The Hall–Kier alpha value is -1.62. The van der Waals surface area contributed by atoms with E-state index < -0.39 is 11.9 Å². The molecule has 0 aromatic rings. The van der Waals surface area contributed by atoms with Crippen LogP contribution in [0.1, 0.15) is 13.3 Å². The lowest BCUT2D eigenvalue weighted by Crippen LogP contribution is -2.15. The molecule has 0 spiro atoms. The summed E-state index contributed by atoms with van der Waals surface area (Å²) in [6, 6.07) is 0. The van der Waals surface area contributed by atoms with Crippen molar-refractivity contribution in [1.29, 1.82) is 0 Å². The zero-order valence-electron chi connectivity index (χ0n) is 10.9. The quantitative estimate of drug-likeness (QED) is 0.582. The molecule has 0 aromatic heterocycles. The van der Waals surface area contributed by atoms with Crippen LogP contribution in [0.3, 0.4) is 0 Å². The van der Waals surface area contributed by atoms with Gasteiger partial charge in [0.25, 0.3) is 0 Å². The second-order valence-electron chi connectivity index (χ2n) is 3.40. The summed E-state index contributed by atoms with van der Waals surface area (Å²) in [7, 11) is 5.16. The number of esters is 1. The first-order chi connectivity index (χ1) is 7.88. The van der Waals surface area contributed by atoms with Crippen molar-refractivity contribution in [3.63, 3.8) is 0 Å². The predicted octanol–water partition coefficient (Wildman–Crippen LogP) is 1.31. The summed E-state index contributed by atoms with van der Waals surface area (Å²) in [5.41, 5.74) is 0.485. The smallest absolute Gasteiger partial charge is 0.331 e. The van der Waals surface area contributed by atoms with Crippen LogP contribution in [0.5, 0.6) is 0 Å². The second kappa shape index (κ2) is 10.9. The molecule has 0 saturated heterocycles. The Labute approximate surface area is 102 Å². The molecule has 0 aliphatic carbocycles. The summed E-state index contributed by atoms with van der Waals surface area (Å²) >= 11 is 0. The molecule has 0 aromatic carbocycles. The monoisotopic (exact) mass is 243 g/mol. The Morgan fingerprint density at radius 1 is 1.41 bits per heavy atom. The van der Waals surface area contributed by atoms with Gasteiger partial charge >= 0.3 is 11.9 Å². The standard InChI is InChI=1S/C8H15NO2.C4H6O2/c1-4-7(8(10)11)5-6-9(2)3;1-3-4(5)6-2/h4H,5-6H2,1-3H3,(H,10,11);3H,1H2,2H3. The maximum Gasteiger partial charge on any atom is 0.331 e. The van der Waals surface area contributed by atoms with E-state index in [1.165, 1.54) is 7.11 Å². The predicted molar refractivity (Wildman–Crippen MR) is 66.8 cm³/mol. The van der Waals surface area contributed by atoms with Crippen molar-refractivity contribution in [3.8, 4) is 0 Å². The van der Waals surface area contributed by atoms with Gasteiger partial charge in [-0.2, -0.15) is 0 Å². The third-order valence-electron chi connectivity index (χ3n) is 1.82. The molecule has 0 amide bonds. The van der Waals surface area contributed by atoms with Crippen LogP contribution in [0.15, 0.2) is 24.3 Å². The summed E-state index contributed by atoms with van der Waals surface area (Å²) in [6.07, 6.45) is 3.37. The van der Waals surface area contributed by atoms with Gasteiger partial charge in [-0.25, -0.2) is 9.59 Å². The van der Waals surface area contributed by atoms with Crippen LogP contribution in [0.2, 0.25) is 0 Å². The highest BCUT2D eigenvalue weighted by atomic mass is 16.5. The molecule has 1 N–H and O–H groups in total. The van der Waals surface area contributed by atoms with Crippen molar-refractivity contribution >= 4 is 11.9 Å². The van der Waals surface area contributed by atoms with Crippen LogP contribution in [-0.4, -0.2) is 49.7 Å². The molecule has 0 radical (unpaired) electrons. The molecule has 0 rings (SSSR count). The number of carbonyl (C=O) groups is 2. The average Bonchev–Trinajstić information content (AvgIpc) is 2.28. The molecule has 98 valence electrons. The Balaban J connectivity index is 0. The van der Waals surface area contributed by atoms with Gasteiger partial charge < -0.3 is 14.7 Å². The molecule has 0 saturated carbocycles. The van der Waals surface area contributed by atoms with Gasteiger partial charge in [-0.3, -0.25) is 0 Å². The first kappa shape index (κ1) is 17.8. The lowest BCUT2D eigenvalue weighted by molar-refractivity contribution is -0.135. The van der Waals surface area contributed by atoms with E-state index in [2.05, 4.69) is 11.3 Å². The SMILES string of the molecule is C=CC(=O)OC.CC=C(CCN(C)C)C(=O)O. The summed E-state index contributed by atoms with van der Waals surface area (Å²) in [5, 5.41) is 8.60. The third kappa shape index (κ3) is 12.3. The molecule has 5 nitrogen and oxygen atoms in total. The fourth-order valence-electron chi connectivity index (χ4n) is 0.802. The number of carbonyl (C=O) groups excluding carboxylic acids is 1. The summed E-state index contributed by atoms with van der Waals surface area (Å²) < 4.78 is 4.14. The lowest BCUT2D eigenvalue weighted by atomic mass is 10.2. The van der Waals surface area contributed by atoms with Gasteiger partial charge in [-0.05, 0) is 27.4 Å². The van der Waals surface area contributed by atoms with Crippen molar-refractivity contribution in [2.75, 3.05) is 27.7 Å². The first-order valence-electron chi connectivity index (χ1n) is 5.12. The Kier molecular flexibility index (Phi) is 11.4. The van der Waals surface area contributed by atoms with Gasteiger partial charge in [0.2, 0.25) is 0 Å². The topological polar surface area (TPSA) is 66.8 Å². The summed E-state index contributed by atoms with van der Waals surface area (Å²) in [6.45, 7) is 5.69. The fourth-order valence-corrected chi connectivity index (χ4v) is 0.802. The number of carboxylic acids is 1. The zero-order valence-corrected chi connectivity index (χ0v) is 10.9. The molecule has 0 unspecified atom stereocenters. The minimum Gasteiger partial charge on any atom is -0.478 e. The van der Waals surface area contributed by atoms with Crippen molar-refractivity contribution in [1.82, 2.24) is 4.90 Å². The van der Waals surface area contributed by atoms with Crippen LogP contribution < -0.4 is 0 Å². The van der Waals surface area contributed by atoms with E-state index >= 15 is 0 Å². The first-order valence-corrected chi connectivity index (χ1v) is 5.12. The number of hydrogen-bond acceptors (Lipinski definition) is 4. The lowest BCUT2D eigenvalue weighted by Gasteiger charge is -2.08. The molecule has 0 atom stereocenters. The molecule has 0 heterocycles. The van der Waals surface area contributed by atoms with E-state index in [1.807, 2.05) is 19.0 Å². The van der Waals surface area contributed by atoms with Crippen molar-refractivity contribution < 1.29 is 19.4 Å². The third-order valence-corrected chi connectivity index (χ3v) is 1.82. The molecule has 0 fully saturated rings. The van der Waals surface area contributed by atoms with Crippen LogP contribution in [0.4, 0.5) is 0 Å². The van der Waals surface area contributed by atoms with Gasteiger partial charge in [-0.1, -0.05) is 12.7 Å². The Morgan fingerprint density at radius 2 is 1.94 bits per heavy atom. The van der Waals surface area contributed by atoms with E-state index in [1.54, 1.807) is 13.0 Å². The average molecular weight is 243 g/mol. The number of allylic oxidation sites excluding steroid dienone is 1. The number of carboxylic acid groups (broad SMARTS) is 1. The number of hydrogen-bond donors (Lipinski definition) is 1. The van der Waals surface area contributed by atoms with E-state index in [4.69, 9.17) is 5.11 Å². The molecule has 0 aliphatic heterocycles. The zero-order chi connectivity index (χ0) is 13.8. The number of rotatable bonds is 5. The van der Waals surface area contributed by atoms with E-state index in [0.717, 1.165) is 12.6 Å².